The number of nitrogens with zero attached hydrogens (tertiary/aromatic N) is 1. The molecule has 0 saturated heterocycles. The molecule has 0 aliphatic heterocycles. The van der Waals surface area contributed by atoms with Crippen molar-refractivity contribution >= 4 is 0 Å². The van der Waals surface area contributed by atoms with Crippen molar-refractivity contribution in [2.45, 2.75) is 32.2 Å². The van der Waals surface area contributed by atoms with Crippen molar-refractivity contribution in [3.05, 3.63) is 65.2 Å². The van der Waals surface area contributed by atoms with Crippen LogP contribution in [0.25, 0.3) is 0 Å². The molecule has 2 N–H and O–H groups in total. The molecule has 1 heterocycles. The zero-order valence-electron chi connectivity index (χ0n) is 11.3. The fraction of sp³-hybridized carbons (Fsp3) is 0.312. The second-order valence-electron chi connectivity index (χ2n) is 5.08. The third kappa shape index (κ3) is 3.38. The number of nitrogens with two attached hydrogens (primary N) is 1. The summed E-state index contributed by atoms with van der Waals surface area (Å²) in [6, 6.07) is 10.9. The molecule has 1 aromatic carbocycles. The van der Waals surface area contributed by atoms with Gasteiger partial charge in [-0.25, -0.2) is 4.39 Å². The number of pyridine rings is 1. The van der Waals surface area contributed by atoms with Gasteiger partial charge in [-0.2, -0.15) is 0 Å². The van der Waals surface area contributed by atoms with E-state index in [4.69, 9.17) is 5.73 Å². The van der Waals surface area contributed by atoms with E-state index in [2.05, 4.69) is 43.1 Å². The van der Waals surface area contributed by atoms with Crippen LogP contribution in [0.2, 0.25) is 0 Å². The number of hydrogen-bond donors (Lipinski definition) is 1. The SMILES string of the molecule is CC(C)c1ccc(CC(N)c2ncccc2F)cc1. The van der Waals surface area contributed by atoms with Gasteiger partial charge in [0.05, 0.1) is 11.7 Å². The first-order valence-electron chi connectivity index (χ1n) is 6.52. The van der Waals surface area contributed by atoms with Gasteiger partial charge in [-0.3, -0.25) is 4.98 Å². The number of hydrogen-bond acceptors (Lipinski definition) is 2. The minimum absolute atomic E-state index is 0.329. The van der Waals surface area contributed by atoms with Gasteiger partial charge in [-0.1, -0.05) is 38.1 Å². The van der Waals surface area contributed by atoms with Crippen molar-refractivity contribution in [2.24, 2.45) is 5.73 Å². The van der Waals surface area contributed by atoms with Crippen molar-refractivity contribution < 1.29 is 4.39 Å². The van der Waals surface area contributed by atoms with Crippen molar-refractivity contribution in [3.8, 4) is 0 Å². The number of benzene rings is 1. The molecule has 0 fully saturated rings. The Kier molecular flexibility index (Phi) is 4.27. The molecule has 0 radical (unpaired) electrons. The van der Waals surface area contributed by atoms with Gasteiger partial charge in [0.15, 0.2) is 0 Å². The lowest BCUT2D eigenvalue weighted by Crippen LogP contribution is -2.16. The summed E-state index contributed by atoms with van der Waals surface area (Å²) >= 11 is 0. The van der Waals surface area contributed by atoms with Gasteiger partial charge < -0.3 is 5.73 Å². The largest absolute Gasteiger partial charge is 0.322 e. The van der Waals surface area contributed by atoms with Gasteiger partial charge in [0, 0.05) is 6.20 Å². The predicted molar refractivity (Wildman–Crippen MR) is 75.4 cm³/mol. The van der Waals surface area contributed by atoms with E-state index < -0.39 is 6.04 Å². The highest BCUT2D eigenvalue weighted by Crippen LogP contribution is 2.19. The lowest BCUT2D eigenvalue weighted by molar-refractivity contribution is 0.564. The van der Waals surface area contributed by atoms with Crippen LogP contribution in [-0.4, -0.2) is 4.98 Å². The molecule has 19 heavy (non-hydrogen) atoms. The monoisotopic (exact) mass is 258 g/mol. The number of rotatable bonds is 4. The van der Waals surface area contributed by atoms with Crippen molar-refractivity contribution in [1.29, 1.82) is 0 Å². The molecule has 0 aliphatic rings. The smallest absolute Gasteiger partial charge is 0.146 e. The Balaban J connectivity index is 2.11. The third-order valence-electron chi connectivity index (χ3n) is 3.24. The fourth-order valence-electron chi connectivity index (χ4n) is 2.06. The molecule has 0 spiro atoms. The van der Waals surface area contributed by atoms with Gasteiger partial charge in [0.25, 0.3) is 0 Å². The Morgan fingerprint density at radius 1 is 1.16 bits per heavy atom. The summed E-state index contributed by atoms with van der Waals surface area (Å²) in [5.41, 5.74) is 8.74. The summed E-state index contributed by atoms with van der Waals surface area (Å²) in [4.78, 5) is 4.02. The first-order valence-corrected chi connectivity index (χ1v) is 6.52. The maximum atomic E-state index is 13.6. The molecule has 1 aromatic heterocycles. The summed E-state index contributed by atoms with van der Waals surface area (Å²) in [6.07, 6.45) is 2.16. The molecule has 1 unspecified atom stereocenters. The van der Waals surface area contributed by atoms with Crippen LogP contribution in [-0.2, 0) is 6.42 Å². The normalized spacial score (nSPS) is 12.7. The van der Waals surface area contributed by atoms with Crippen molar-refractivity contribution in [3.63, 3.8) is 0 Å². The minimum atomic E-state index is -0.411. The standard InChI is InChI=1S/C16H19FN2/c1-11(2)13-7-5-12(6-8-13)10-15(18)16-14(17)4-3-9-19-16/h3-9,11,15H,10,18H2,1-2H3. The van der Waals surface area contributed by atoms with Crippen LogP contribution < -0.4 is 5.73 Å². The minimum Gasteiger partial charge on any atom is -0.322 e. The van der Waals surface area contributed by atoms with E-state index in [1.54, 1.807) is 12.3 Å². The van der Waals surface area contributed by atoms with Crippen LogP contribution in [0.3, 0.4) is 0 Å². The molecule has 0 aliphatic carbocycles. The van der Waals surface area contributed by atoms with Crippen molar-refractivity contribution in [1.82, 2.24) is 4.98 Å². The molecule has 3 heteroatoms. The summed E-state index contributed by atoms with van der Waals surface area (Å²) in [5, 5.41) is 0. The van der Waals surface area contributed by atoms with E-state index in [1.165, 1.54) is 11.6 Å². The van der Waals surface area contributed by atoms with Gasteiger partial charge in [-0.15, -0.1) is 0 Å². The molecule has 2 nitrogen and oxygen atoms in total. The average Bonchev–Trinajstić information content (AvgIpc) is 2.39. The third-order valence-corrected chi connectivity index (χ3v) is 3.24. The van der Waals surface area contributed by atoms with Crippen LogP contribution in [0.4, 0.5) is 4.39 Å². The summed E-state index contributed by atoms with van der Waals surface area (Å²) < 4.78 is 13.6. The van der Waals surface area contributed by atoms with Crippen LogP contribution in [0.5, 0.6) is 0 Å². The first kappa shape index (κ1) is 13.7. The van der Waals surface area contributed by atoms with Crippen LogP contribution >= 0.6 is 0 Å². The zero-order valence-corrected chi connectivity index (χ0v) is 11.3. The topological polar surface area (TPSA) is 38.9 Å². The second-order valence-corrected chi connectivity index (χ2v) is 5.08. The molecule has 100 valence electrons. The van der Waals surface area contributed by atoms with Crippen molar-refractivity contribution in [2.75, 3.05) is 0 Å². The van der Waals surface area contributed by atoms with Gasteiger partial charge >= 0.3 is 0 Å². The maximum Gasteiger partial charge on any atom is 0.146 e. The molecular weight excluding hydrogens is 239 g/mol. The Morgan fingerprint density at radius 3 is 2.42 bits per heavy atom. The molecule has 0 bridgehead atoms. The molecule has 0 saturated carbocycles. The number of halogens is 1. The van der Waals surface area contributed by atoms with Gasteiger partial charge in [0.1, 0.15) is 5.82 Å². The number of aromatic nitrogens is 1. The van der Waals surface area contributed by atoms with E-state index in [-0.39, 0.29) is 5.82 Å². The van der Waals surface area contributed by atoms with Crippen LogP contribution in [0.1, 0.15) is 42.6 Å². The van der Waals surface area contributed by atoms with Crippen LogP contribution in [0, 0.1) is 5.82 Å². The van der Waals surface area contributed by atoms with E-state index in [1.807, 2.05) is 0 Å². The molecular formula is C16H19FN2. The predicted octanol–water partition coefficient (Wildman–Crippen LogP) is 3.59. The highest BCUT2D eigenvalue weighted by Gasteiger charge is 2.13. The highest BCUT2D eigenvalue weighted by atomic mass is 19.1. The second kappa shape index (κ2) is 5.93. The lowest BCUT2D eigenvalue weighted by atomic mass is 9.98. The molecule has 2 rings (SSSR count). The Morgan fingerprint density at radius 2 is 1.84 bits per heavy atom. The van der Waals surface area contributed by atoms with E-state index >= 15 is 0 Å². The summed E-state index contributed by atoms with van der Waals surface area (Å²) in [7, 11) is 0. The Bertz CT molecular complexity index is 535. The molecule has 2 aromatic rings. The average molecular weight is 258 g/mol. The van der Waals surface area contributed by atoms with Crippen LogP contribution in [0.15, 0.2) is 42.6 Å². The fourth-order valence-corrected chi connectivity index (χ4v) is 2.06. The van der Waals surface area contributed by atoms with E-state index in [9.17, 15) is 4.39 Å². The Hall–Kier alpha value is -1.74. The highest BCUT2D eigenvalue weighted by molar-refractivity contribution is 5.26. The maximum absolute atomic E-state index is 13.6. The summed E-state index contributed by atoms with van der Waals surface area (Å²) in [5.74, 6) is 0.171. The zero-order chi connectivity index (χ0) is 13.8. The quantitative estimate of drug-likeness (QED) is 0.910. The summed E-state index contributed by atoms with van der Waals surface area (Å²) in [6.45, 7) is 4.31. The van der Waals surface area contributed by atoms with E-state index in [0.717, 1.165) is 5.56 Å². The Labute approximate surface area is 113 Å². The van der Waals surface area contributed by atoms with E-state index in [0.29, 0.717) is 18.0 Å². The molecule has 1 atom stereocenters. The lowest BCUT2D eigenvalue weighted by Gasteiger charge is -2.13. The first-order chi connectivity index (χ1) is 9.08. The van der Waals surface area contributed by atoms with Gasteiger partial charge in [-0.05, 0) is 35.6 Å². The molecule has 0 amide bonds. The van der Waals surface area contributed by atoms with Gasteiger partial charge in [0.2, 0.25) is 0 Å².